The number of para-hydroxylation sites is 2. The summed E-state index contributed by atoms with van der Waals surface area (Å²) >= 11 is 1.89. The molecule has 2 saturated carbocycles. The second kappa shape index (κ2) is 12.1. The Morgan fingerprint density at radius 1 is 0.588 bits per heavy atom. The molecule has 0 unspecified atom stereocenters. The summed E-state index contributed by atoms with van der Waals surface area (Å²) in [4.78, 5) is 2.39. The highest BCUT2D eigenvalue weighted by Crippen LogP contribution is 2.62. The van der Waals surface area contributed by atoms with E-state index in [1.807, 2.05) is 11.3 Å². The van der Waals surface area contributed by atoms with Gasteiger partial charge in [0.1, 0.15) is 11.5 Å². The third-order valence-electron chi connectivity index (χ3n) is 12.4. The van der Waals surface area contributed by atoms with Crippen LogP contribution in [-0.4, -0.2) is 0 Å². The van der Waals surface area contributed by atoms with Crippen molar-refractivity contribution in [1.29, 1.82) is 0 Å². The van der Waals surface area contributed by atoms with Gasteiger partial charge < -0.3 is 9.64 Å². The van der Waals surface area contributed by atoms with Crippen LogP contribution >= 0.6 is 11.3 Å². The quantitative estimate of drug-likeness (QED) is 0.183. The molecule has 51 heavy (non-hydrogen) atoms. The maximum Gasteiger partial charge on any atom is 0.132 e. The molecule has 7 aromatic rings. The normalized spacial score (nSPS) is 23.7. The second-order valence-corrected chi connectivity index (χ2v) is 16.7. The zero-order valence-electron chi connectivity index (χ0n) is 29.4. The largest absolute Gasteiger partial charge is 0.457 e. The minimum Gasteiger partial charge on any atom is -0.457 e. The number of nitrogens with zero attached hydrogens (tertiary/aromatic N) is 1. The van der Waals surface area contributed by atoms with Crippen molar-refractivity contribution in [1.82, 2.24) is 0 Å². The molecule has 0 saturated heterocycles. The van der Waals surface area contributed by atoms with Crippen LogP contribution in [0.25, 0.3) is 31.3 Å². The van der Waals surface area contributed by atoms with Gasteiger partial charge in [-0.2, -0.15) is 0 Å². The van der Waals surface area contributed by atoms with Crippen LogP contribution < -0.4 is 9.64 Å². The first kappa shape index (κ1) is 30.9. The number of benzene rings is 6. The Morgan fingerprint density at radius 3 is 2.08 bits per heavy atom. The van der Waals surface area contributed by atoms with Crippen LogP contribution in [0, 0.1) is 23.7 Å². The summed E-state index contributed by atoms with van der Waals surface area (Å²) < 4.78 is 9.72. The Bertz CT molecular complexity index is 2380. The average molecular weight is 682 g/mol. The molecule has 0 amide bonds. The van der Waals surface area contributed by atoms with E-state index in [1.165, 1.54) is 68.1 Å². The predicted molar refractivity (Wildman–Crippen MR) is 215 cm³/mol. The van der Waals surface area contributed by atoms with Gasteiger partial charge in [-0.3, -0.25) is 0 Å². The van der Waals surface area contributed by atoms with Gasteiger partial charge in [-0.15, -0.1) is 11.3 Å². The van der Waals surface area contributed by atoms with Gasteiger partial charge in [-0.1, -0.05) is 105 Å². The summed E-state index contributed by atoms with van der Waals surface area (Å²) in [7, 11) is 0. The summed E-state index contributed by atoms with van der Waals surface area (Å²) in [5, 5.41) is 2.65. The van der Waals surface area contributed by atoms with Crippen LogP contribution in [0.15, 0.2) is 140 Å². The van der Waals surface area contributed by atoms with E-state index in [9.17, 15) is 0 Å². The molecule has 6 aromatic carbocycles. The summed E-state index contributed by atoms with van der Waals surface area (Å²) in [6.45, 7) is 4.97. The minimum atomic E-state index is 0.128. The smallest absolute Gasteiger partial charge is 0.132 e. The number of thiophene rings is 1. The highest BCUT2D eigenvalue weighted by Gasteiger charge is 2.55. The molecule has 0 N–H and O–H groups in total. The van der Waals surface area contributed by atoms with E-state index >= 15 is 0 Å². The molecule has 0 radical (unpaired) electrons. The summed E-state index contributed by atoms with van der Waals surface area (Å²) in [5.74, 6) is 4.99. The number of ether oxygens (including phenoxy) is 1. The maximum atomic E-state index is 7.06. The van der Waals surface area contributed by atoms with Crippen molar-refractivity contribution in [2.45, 2.75) is 51.4 Å². The number of fused-ring (bicyclic) bond motifs is 5. The van der Waals surface area contributed by atoms with Gasteiger partial charge in [0.05, 0.1) is 0 Å². The lowest BCUT2D eigenvalue weighted by Crippen LogP contribution is -2.52. The average Bonchev–Trinajstić information content (AvgIpc) is 3.46. The van der Waals surface area contributed by atoms with E-state index < -0.39 is 0 Å². The molecule has 2 bridgehead atoms. The predicted octanol–water partition coefficient (Wildman–Crippen LogP) is 13.9. The first-order valence-electron chi connectivity index (χ1n) is 18.8. The minimum absolute atomic E-state index is 0.128. The Balaban J connectivity index is 1.10. The van der Waals surface area contributed by atoms with Crippen molar-refractivity contribution in [3.63, 3.8) is 0 Å². The van der Waals surface area contributed by atoms with Crippen LogP contribution in [0.3, 0.4) is 0 Å². The summed E-state index contributed by atoms with van der Waals surface area (Å²) in [6.07, 6.45) is 6.31. The van der Waals surface area contributed by atoms with E-state index in [0.717, 1.165) is 46.8 Å². The van der Waals surface area contributed by atoms with Crippen molar-refractivity contribution in [2.75, 3.05) is 4.90 Å². The van der Waals surface area contributed by atoms with Crippen molar-refractivity contribution >= 4 is 48.6 Å². The number of rotatable bonds is 4. The van der Waals surface area contributed by atoms with Crippen LogP contribution in [0.5, 0.6) is 11.5 Å². The van der Waals surface area contributed by atoms with E-state index in [2.05, 4.69) is 158 Å². The fraction of sp³-hybridized carbons (Fsp3) is 0.250. The van der Waals surface area contributed by atoms with Gasteiger partial charge in [0.2, 0.25) is 0 Å². The molecule has 2 nitrogen and oxygen atoms in total. The summed E-state index contributed by atoms with van der Waals surface area (Å²) in [5.41, 5.74) is 8.78. The number of hydrogen-bond donors (Lipinski definition) is 0. The standard InChI is InChI=1S/C48H43NOS/c1-31-24-35-26-32(2)27-36(25-31)48(35)30-34-22-23-39(29-45(34)50-44-20-8-7-19-43(44)48)49(37-13-4-3-5-14-37)38-15-10-12-33(28-38)40-17-11-18-42-41-16-6-9-21-46(41)51-47(40)42/h3-23,28-29,31-32,35-36H,24-27,30H2,1-2H3/t31-,32+,35+,36-,48?. The van der Waals surface area contributed by atoms with Crippen molar-refractivity contribution in [2.24, 2.45) is 23.7 Å². The molecular weight excluding hydrogens is 639 g/mol. The SMILES string of the molecule is C[C@H]1C[C@@H]2C[C@@H](C)C[C@H](C1)C21Cc2ccc(N(c3ccccc3)c3cccc(-c4cccc5c4sc4ccccc45)c3)cc2Oc2ccccc21. The molecule has 1 aliphatic heterocycles. The maximum absolute atomic E-state index is 7.06. The number of anilines is 3. The van der Waals surface area contributed by atoms with Gasteiger partial charge in [-0.25, -0.2) is 0 Å². The van der Waals surface area contributed by atoms with Gasteiger partial charge in [0.25, 0.3) is 0 Å². The highest BCUT2D eigenvalue weighted by atomic mass is 32.1. The Kier molecular flexibility index (Phi) is 7.36. The second-order valence-electron chi connectivity index (χ2n) is 15.7. The molecule has 252 valence electrons. The molecule has 1 aromatic heterocycles. The zero-order valence-corrected chi connectivity index (χ0v) is 30.2. The van der Waals surface area contributed by atoms with Crippen LogP contribution in [0.4, 0.5) is 17.1 Å². The molecule has 3 aliphatic rings. The zero-order chi connectivity index (χ0) is 34.1. The monoisotopic (exact) mass is 681 g/mol. The van der Waals surface area contributed by atoms with Gasteiger partial charge in [-0.05, 0) is 115 Å². The van der Waals surface area contributed by atoms with Crippen LogP contribution in [-0.2, 0) is 11.8 Å². The Labute approximate surface area is 305 Å². The molecule has 1 spiro atoms. The highest BCUT2D eigenvalue weighted by molar-refractivity contribution is 7.26. The lowest BCUT2D eigenvalue weighted by Gasteiger charge is -2.57. The Hall–Kier alpha value is -4.86. The molecule has 10 rings (SSSR count). The molecule has 2 fully saturated rings. The lowest BCUT2D eigenvalue weighted by atomic mass is 9.47. The fourth-order valence-electron chi connectivity index (χ4n) is 10.4. The third-order valence-corrected chi connectivity index (χ3v) is 13.7. The molecule has 2 heterocycles. The van der Waals surface area contributed by atoms with Crippen molar-refractivity contribution in [3.8, 4) is 22.6 Å². The molecule has 0 atom stereocenters. The molecule has 2 aliphatic carbocycles. The van der Waals surface area contributed by atoms with Crippen molar-refractivity contribution < 1.29 is 4.74 Å². The lowest BCUT2D eigenvalue weighted by molar-refractivity contribution is 0.00146. The summed E-state index contributed by atoms with van der Waals surface area (Å²) in [6, 6.07) is 51.4. The van der Waals surface area contributed by atoms with Crippen molar-refractivity contribution in [3.05, 3.63) is 151 Å². The van der Waals surface area contributed by atoms with E-state index in [-0.39, 0.29) is 5.41 Å². The topological polar surface area (TPSA) is 12.5 Å². The third kappa shape index (κ3) is 5.04. The van der Waals surface area contributed by atoms with E-state index in [1.54, 1.807) is 0 Å². The molecule has 3 heteroatoms. The van der Waals surface area contributed by atoms with Gasteiger partial charge in [0.15, 0.2) is 0 Å². The van der Waals surface area contributed by atoms with E-state index in [0.29, 0.717) is 11.8 Å². The first-order valence-corrected chi connectivity index (χ1v) is 19.6. The van der Waals surface area contributed by atoms with Gasteiger partial charge >= 0.3 is 0 Å². The van der Waals surface area contributed by atoms with Crippen LogP contribution in [0.1, 0.15) is 50.7 Å². The Morgan fingerprint density at radius 2 is 1.25 bits per heavy atom. The number of hydrogen-bond acceptors (Lipinski definition) is 3. The molecular formula is C48H43NOS. The fourth-order valence-corrected chi connectivity index (χ4v) is 11.7. The van der Waals surface area contributed by atoms with E-state index in [4.69, 9.17) is 4.74 Å². The first-order chi connectivity index (χ1) is 25.0. The van der Waals surface area contributed by atoms with Crippen LogP contribution in [0.2, 0.25) is 0 Å². The van der Waals surface area contributed by atoms with Gasteiger partial charge in [0, 0.05) is 54.3 Å².